The summed E-state index contributed by atoms with van der Waals surface area (Å²) < 4.78 is 5.38. The third-order valence-electron chi connectivity index (χ3n) is 2.82. The molecule has 0 aromatic carbocycles. The van der Waals surface area contributed by atoms with Gasteiger partial charge in [0, 0.05) is 6.54 Å². The fourth-order valence-electron chi connectivity index (χ4n) is 1.51. The molecule has 0 aromatic rings. The smallest absolute Gasteiger partial charge is 0.328 e. The molecule has 1 aliphatic rings. The lowest BCUT2D eigenvalue weighted by Gasteiger charge is -2.23. The molecule has 3 N–H and O–H groups in total. The second-order valence-corrected chi connectivity index (χ2v) is 5.95. The number of urea groups is 1. The zero-order valence-corrected chi connectivity index (χ0v) is 11.9. The van der Waals surface area contributed by atoms with Gasteiger partial charge >= 0.3 is 12.0 Å². The van der Waals surface area contributed by atoms with Crippen molar-refractivity contribution in [2.24, 2.45) is 5.92 Å². The van der Waals surface area contributed by atoms with Gasteiger partial charge in [-0.25, -0.2) is 9.59 Å². The predicted octanol–water partition coefficient (Wildman–Crippen LogP) is 1.35. The minimum atomic E-state index is -1.10. The fourth-order valence-corrected chi connectivity index (χ4v) is 1.51. The average Bonchev–Trinajstić information content (AvgIpc) is 3.06. The lowest BCUT2D eigenvalue weighted by atomic mass is 10.2. The monoisotopic (exact) mass is 272 g/mol. The molecule has 6 nitrogen and oxygen atoms in total. The molecule has 110 valence electrons. The van der Waals surface area contributed by atoms with Gasteiger partial charge in [-0.05, 0) is 33.1 Å². The van der Waals surface area contributed by atoms with Crippen LogP contribution in [0, 0.1) is 5.92 Å². The summed E-state index contributed by atoms with van der Waals surface area (Å²) in [7, 11) is 0. The van der Waals surface area contributed by atoms with Gasteiger partial charge in [-0.1, -0.05) is 12.8 Å². The largest absolute Gasteiger partial charge is 0.480 e. The molecule has 0 aromatic heterocycles. The lowest BCUT2D eigenvalue weighted by Crippen LogP contribution is -2.49. The Hall–Kier alpha value is -1.30. The van der Waals surface area contributed by atoms with Crippen molar-refractivity contribution in [2.75, 3.05) is 13.2 Å². The van der Waals surface area contributed by atoms with Crippen LogP contribution in [0.15, 0.2) is 0 Å². The molecule has 2 amide bonds. The van der Waals surface area contributed by atoms with Gasteiger partial charge in [0.15, 0.2) is 6.04 Å². The zero-order valence-electron chi connectivity index (χ0n) is 11.9. The minimum absolute atomic E-state index is 0.0467. The first kappa shape index (κ1) is 15.8. The summed E-state index contributed by atoms with van der Waals surface area (Å²) in [5.74, 6) is -0.360. The summed E-state index contributed by atoms with van der Waals surface area (Å²) >= 11 is 0. The molecule has 0 saturated heterocycles. The Morgan fingerprint density at radius 3 is 2.47 bits per heavy atom. The van der Waals surface area contributed by atoms with Crippen molar-refractivity contribution in [1.29, 1.82) is 0 Å². The van der Waals surface area contributed by atoms with Crippen molar-refractivity contribution in [1.82, 2.24) is 10.6 Å². The van der Waals surface area contributed by atoms with Gasteiger partial charge < -0.3 is 20.5 Å². The van der Waals surface area contributed by atoms with Crippen LogP contribution in [0.3, 0.4) is 0 Å². The molecule has 0 unspecified atom stereocenters. The Morgan fingerprint density at radius 2 is 2.00 bits per heavy atom. The predicted molar refractivity (Wildman–Crippen MR) is 71.0 cm³/mol. The van der Waals surface area contributed by atoms with E-state index in [9.17, 15) is 9.59 Å². The second kappa shape index (κ2) is 6.75. The molecule has 1 saturated carbocycles. The molecular formula is C13H24N2O4. The van der Waals surface area contributed by atoms with Gasteiger partial charge in [-0.2, -0.15) is 0 Å². The molecule has 0 spiro atoms. The highest BCUT2D eigenvalue weighted by atomic mass is 16.5. The molecule has 1 fully saturated rings. The maximum absolute atomic E-state index is 11.5. The second-order valence-electron chi connectivity index (χ2n) is 5.95. The topological polar surface area (TPSA) is 87.7 Å². The third kappa shape index (κ3) is 7.66. The molecule has 19 heavy (non-hydrogen) atoms. The summed E-state index contributed by atoms with van der Waals surface area (Å²) in [5, 5.41) is 14.1. The van der Waals surface area contributed by atoms with Crippen LogP contribution in [-0.4, -0.2) is 41.9 Å². The molecule has 0 bridgehead atoms. The molecule has 0 aliphatic heterocycles. The first-order chi connectivity index (χ1) is 8.78. The molecule has 1 atom stereocenters. The van der Waals surface area contributed by atoms with Crippen molar-refractivity contribution in [2.45, 2.75) is 51.7 Å². The molecule has 0 heterocycles. The maximum atomic E-state index is 11.5. The van der Waals surface area contributed by atoms with E-state index < -0.39 is 23.6 Å². The van der Waals surface area contributed by atoms with Crippen LogP contribution in [0.2, 0.25) is 0 Å². The summed E-state index contributed by atoms with van der Waals surface area (Å²) in [6.07, 6.45) is 3.44. The van der Waals surface area contributed by atoms with E-state index in [1.807, 2.05) is 20.8 Å². The number of hydrogen-bond donors (Lipinski definition) is 3. The van der Waals surface area contributed by atoms with E-state index in [1.165, 1.54) is 12.8 Å². The van der Waals surface area contributed by atoms with Gasteiger partial charge in [0.05, 0.1) is 12.2 Å². The molecular weight excluding hydrogens is 248 g/mol. The normalized spacial score (nSPS) is 16.8. The van der Waals surface area contributed by atoms with E-state index >= 15 is 0 Å². The number of hydrogen-bond acceptors (Lipinski definition) is 3. The van der Waals surface area contributed by atoms with E-state index in [0.717, 1.165) is 12.3 Å². The van der Waals surface area contributed by atoms with Crippen molar-refractivity contribution in [3.05, 3.63) is 0 Å². The highest BCUT2D eigenvalue weighted by molar-refractivity contribution is 5.82. The highest BCUT2D eigenvalue weighted by Crippen LogP contribution is 2.31. The average molecular weight is 272 g/mol. The summed E-state index contributed by atoms with van der Waals surface area (Å²) in [5.41, 5.74) is -0.433. The van der Waals surface area contributed by atoms with E-state index in [2.05, 4.69) is 10.6 Å². The van der Waals surface area contributed by atoms with E-state index in [0.29, 0.717) is 6.54 Å². The van der Waals surface area contributed by atoms with Gasteiger partial charge in [0.2, 0.25) is 0 Å². The summed E-state index contributed by atoms with van der Waals surface area (Å²) in [6.45, 7) is 6.04. The first-order valence-electron chi connectivity index (χ1n) is 6.69. The zero-order chi connectivity index (χ0) is 14.5. The quantitative estimate of drug-likeness (QED) is 0.653. The summed E-state index contributed by atoms with van der Waals surface area (Å²) in [6, 6.07) is -1.48. The number of carbonyl (C=O) groups excluding carboxylic acids is 1. The van der Waals surface area contributed by atoms with Gasteiger partial charge in [-0.15, -0.1) is 0 Å². The SMILES string of the molecule is CC(C)(C)OC[C@H](NC(=O)NCCC1CC1)C(=O)O. The minimum Gasteiger partial charge on any atom is -0.480 e. The van der Waals surface area contributed by atoms with Crippen LogP contribution in [0.1, 0.15) is 40.0 Å². The number of carboxylic acids is 1. The van der Waals surface area contributed by atoms with Gasteiger partial charge in [0.25, 0.3) is 0 Å². The third-order valence-corrected chi connectivity index (χ3v) is 2.82. The Labute approximate surface area is 113 Å². The van der Waals surface area contributed by atoms with Crippen molar-refractivity contribution < 1.29 is 19.4 Å². The van der Waals surface area contributed by atoms with Crippen LogP contribution in [0.25, 0.3) is 0 Å². The highest BCUT2D eigenvalue weighted by Gasteiger charge is 2.24. The van der Waals surface area contributed by atoms with Crippen molar-refractivity contribution >= 4 is 12.0 Å². The van der Waals surface area contributed by atoms with Crippen LogP contribution in [-0.2, 0) is 9.53 Å². The van der Waals surface area contributed by atoms with Crippen LogP contribution in [0.4, 0.5) is 4.79 Å². The van der Waals surface area contributed by atoms with Crippen LogP contribution >= 0.6 is 0 Å². The maximum Gasteiger partial charge on any atom is 0.328 e. The van der Waals surface area contributed by atoms with Crippen molar-refractivity contribution in [3.8, 4) is 0 Å². The number of carboxylic acid groups (broad SMARTS) is 1. The van der Waals surface area contributed by atoms with Gasteiger partial charge in [-0.3, -0.25) is 0 Å². The molecule has 1 rings (SSSR count). The van der Waals surface area contributed by atoms with Crippen LogP contribution < -0.4 is 10.6 Å². The Balaban J connectivity index is 2.26. The summed E-state index contributed by atoms with van der Waals surface area (Å²) in [4.78, 5) is 22.6. The number of aliphatic carboxylic acids is 1. The van der Waals surface area contributed by atoms with Gasteiger partial charge in [0.1, 0.15) is 0 Å². The molecule has 6 heteroatoms. The number of ether oxygens (including phenoxy) is 1. The van der Waals surface area contributed by atoms with Crippen LogP contribution in [0.5, 0.6) is 0 Å². The van der Waals surface area contributed by atoms with E-state index in [-0.39, 0.29) is 6.61 Å². The molecule has 0 radical (unpaired) electrons. The number of rotatable bonds is 7. The van der Waals surface area contributed by atoms with E-state index in [1.54, 1.807) is 0 Å². The Bertz CT molecular complexity index is 321. The van der Waals surface area contributed by atoms with Crippen molar-refractivity contribution in [3.63, 3.8) is 0 Å². The standard InChI is InChI=1S/C13H24N2O4/c1-13(2,3)19-8-10(11(16)17)15-12(18)14-7-6-9-4-5-9/h9-10H,4-8H2,1-3H3,(H,16,17)(H2,14,15,18)/t10-/m0/s1. The molecule has 1 aliphatic carbocycles. The van der Waals surface area contributed by atoms with E-state index in [4.69, 9.17) is 9.84 Å². The lowest BCUT2D eigenvalue weighted by molar-refractivity contribution is -0.142. The Morgan fingerprint density at radius 1 is 1.37 bits per heavy atom. The fraction of sp³-hybridized carbons (Fsp3) is 0.846. The number of carbonyl (C=O) groups is 2. The Kier molecular flexibility index (Phi) is 5.60. The number of amides is 2. The number of nitrogens with one attached hydrogen (secondary N) is 2. The first-order valence-corrected chi connectivity index (χ1v) is 6.69.